The molecular weight excluding hydrogens is 368 g/mol. The number of fused-ring (bicyclic) bond motifs is 1. The van der Waals surface area contributed by atoms with Gasteiger partial charge in [0.2, 0.25) is 0 Å². The number of rotatable bonds is 4. The molecule has 0 aromatic carbocycles. The Bertz CT molecular complexity index is 769. The van der Waals surface area contributed by atoms with E-state index in [1.54, 1.807) is 0 Å². The Balaban J connectivity index is 2.01. The maximum atomic E-state index is 13.0. The molecule has 2 fully saturated rings. The summed E-state index contributed by atoms with van der Waals surface area (Å²) in [4.78, 5) is 39.0. The Morgan fingerprint density at radius 2 is 1.92 bits per heavy atom. The summed E-state index contributed by atoms with van der Waals surface area (Å²) >= 11 is 0. The van der Waals surface area contributed by atoms with E-state index in [2.05, 4.69) is 0 Å². The van der Waals surface area contributed by atoms with E-state index in [4.69, 9.17) is 14.2 Å². The molecule has 3 aliphatic heterocycles. The monoisotopic (exact) mass is 388 g/mol. The van der Waals surface area contributed by atoms with E-state index < -0.39 is 44.9 Å². The first kappa shape index (κ1) is 18.8. The Kier molecular flexibility index (Phi) is 5.04. The molecule has 2 saturated heterocycles. The molecule has 0 N–H and O–H groups in total. The third-order valence-electron chi connectivity index (χ3n) is 4.52. The Hall–Kier alpha value is -1.98. The molecule has 3 heterocycles. The zero-order chi connectivity index (χ0) is 19.1. The van der Waals surface area contributed by atoms with Crippen LogP contribution in [0.15, 0.2) is 11.3 Å². The molecule has 3 aliphatic rings. The van der Waals surface area contributed by atoms with Gasteiger partial charge >= 0.3 is 5.97 Å². The molecule has 10 nitrogen and oxygen atoms in total. The fourth-order valence-corrected chi connectivity index (χ4v) is 5.29. The number of hydrogen-bond donors (Lipinski definition) is 0. The molecule has 0 aromatic heterocycles. The minimum absolute atomic E-state index is 0.0359. The first-order chi connectivity index (χ1) is 12.3. The van der Waals surface area contributed by atoms with Crippen LogP contribution < -0.4 is 0 Å². The molecule has 0 spiro atoms. The van der Waals surface area contributed by atoms with E-state index >= 15 is 0 Å². The van der Waals surface area contributed by atoms with Crippen molar-refractivity contribution < 1.29 is 37.0 Å². The summed E-state index contributed by atoms with van der Waals surface area (Å²) in [5, 5.41) is -1.24. The Morgan fingerprint density at radius 3 is 2.50 bits per heavy atom. The molecule has 0 unspecified atom stereocenters. The minimum Gasteiger partial charge on any atom is -0.461 e. The molecule has 0 saturated carbocycles. The summed E-state index contributed by atoms with van der Waals surface area (Å²) in [7, 11) is -2.53. The average molecular weight is 388 g/mol. The van der Waals surface area contributed by atoms with E-state index in [0.29, 0.717) is 26.3 Å². The van der Waals surface area contributed by atoms with Gasteiger partial charge < -0.3 is 19.1 Å². The van der Waals surface area contributed by atoms with Gasteiger partial charge in [0.1, 0.15) is 12.3 Å². The van der Waals surface area contributed by atoms with Gasteiger partial charge in [-0.1, -0.05) is 0 Å². The van der Waals surface area contributed by atoms with Crippen molar-refractivity contribution in [1.82, 2.24) is 9.80 Å². The van der Waals surface area contributed by atoms with Gasteiger partial charge in [0.25, 0.3) is 11.8 Å². The maximum absolute atomic E-state index is 13.0. The number of amides is 2. The lowest BCUT2D eigenvalue weighted by Crippen LogP contribution is -2.71. The van der Waals surface area contributed by atoms with Gasteiger partial charge in [-0.3, -0.25) is 19.3 Å². The zero-order valence-electron chi connectivity index (χ0n) is 14.5. The van der Waals surface area contributed by atoms with Crippen LogP contribution in [0, 0.1) is 0 Å². The normalized spacial score (nSPS) is 27.7. The smallest absolute Gasteiger partial charge is 0.302 e. The number of esters is 1. The van der Waals surface area contributed by atoms with Crippen LogP contribution in [0.2, 0.25) is 0 Å². The van der Waals surface area contributed by atoms with E-state index in [0.717, 1.165) is 4.90 Å². The van der Waals surface area contributed by atoms with Crippen LogP contribution in [-0.2, 0) is 38.4 Å². The summed E-state index contributed by atoms with van der Waals surface area (Å²) in [6.07, 6.45) is -1.14. The van der Waals surface area contributed by atoms with Crippen molar-refractivity contribution in [3.05, 3.63) is 11.3 Å². The van der Waals surface area contributed by atoms with Gasteiger partial charge in [-0.15, -0.1) is 0 Å². The van der Waals surface area contributed by atoms with Crippen LogP contribution in [0.3, 0.4) is 0 Å². The molecule has 0 radical (unpaired) electrons. The number of methoxy groups -OCH3 is 1. The van der Waals surface area contributed by atoms with Gasteiger partial charge in [0.15, 0.2) is 21.3 Å². The fraction of sp³-hybridized carbons (Fsp3) is 0.667. The lowest BCUT2D eigenvalue weighted by Gasteiger charge is -2.49. The maximum Gasteiger partial charge on any atom is 0.302 e. The molecule has 3 rings (SSSR count). The summed E-state index contributed by atoms with van der Waals surface area (Å²) in [5.74, 6) is -2.16. The van der Waals surface area contributed by atoms with Crippen LogP contribution in [0.4, 0.5) is 0 Å². The van der Waals surface area contributed by atoms with Crippen LogP contribution in [0.1, 0.15) is 6.92 Å². The molecule has 0 aliphatic carbocycles. The van der Waals surface area contributed by atoms with E-state index in [-0.39, 0.29) is 17.9 Å². The number of morpholine rings is 1. The average Bonchev–Trinajstić information content (AvgIpc) is 2.60. The van der Waals surface area contributed by atoms with Crippen LogP contribution in [0.25, 0.3) is 0 Å². The highest BCUT2D eigenvalue weighted by molar-refractivity contribution is 7.92. The highest BCUT2D eigenvalue weighted by Gasteiger charge is 2.60. The number of nitrogens with zero attached hydrogens (tertiary/aromatic N) is 2. The second-order valence-corrected chi connectivity index (χ2v) is 8.30. The second-order valence-electron chi connectivity index (χ2n) is 6.20. The standard InChI is InChI=1S/C15H20N2O8S/c1-9(18)25-7-10-8-26(21,22)15-12(23-2)14(20)17(15)11(10)13(19)16-3-5-24-6-4-16/h12,15H,3-8H2,1-2H3/t12-,15+/m0/s1. The minimum atomic E-state index is -3.78. The Labute approximate surface area is 150 Å². The van der Waals surface area contributed by atoms with E-state index in [1.165, 1.54) is 18.9 Å². The molecule has 26 heavy (non-hydrogen) atoms. The Morgan fingerprint density at radius 1 is 1.27 bits per heavy atom. The highest BCUT2D eigenvalue weighted by Crippen LogP contribution is 2.38. The third kappa shape index (κ3) is 3.10. The third-order valence-corrected chi connectivity index (χ3v) is 6.46. The van der Waals surface area contributed by atoms with Crippen molar-refractivity contribution in [1.29, 1.82) is 0 Å². The summed E-state index contributed by atoms with van der Waals surface area (Å²) in [6.45, 7) is 2.18. The first-order valence-electron chi connectivity index (χ1n) is 8.07. The van der Waals surface area contributed by atoms with Crippen molar-refractivity contribution >= 4 is 27.6 Å². The largest absolute Gasteiger partial charge is 0.461 e. The topological polar surface area (TPSA) is 120 Å². The van der Waals surface area contributed by atoms with Gasteiger partial charge in [0.05, 0.1) is 19.0 Å². The van der Waals surface area contributed by atoms with Crippen molar-refractivity contribution in [3.8, 4) is 0 Å². The molecule has 2 atom stereocenters. The van der Waals surface area contributed by atoms with E-state index in [9.17, 15) is 22.8 Å². The summed E-state index contributed by atoms with van der Waals surface area (Å²) < 4.78 is 40.2. The van der Waals surface area contributed by atoms with Crippen LogP contribution in [0.5, 0.6) is 0 Å². The first-order valence-corrected chi connectivity index (χ1v) is 9.79. The van der Waals surface area contributed by atoms with Crippen LogP contribution >= 0.6 is 0 Å². The van der Waals surface area contributed by atoms with Crippen molar-refractivity contribution in [2.24, 2.45) is 0 Å². The number of ether oxygens (including phenoxy) is 3. The number of hydrogen-bond acceptors (Lipinski definition) is 8. The lowest BCUT2D eigenvalue weighted by atomic mass is 10.0. The molecule has 2 amide bonds. The zero-order valence-corrected chi connectivity index (χ0v) is 15.3. The van der Waals surface area contributed by atoms with E-state index in [1.807, 2.05) is 0 Å². The van der Waals surface area contributed by atoms with Gasteiger partial charge in [-0.2, -0.15) is 0 Å². The number of sulfone groups is 1. The summed E-state index contributed by atoms with van der Waals surface area (Å²) in [5.41, 5.74) is 0.0575. The van der Waals surface area contributed by atoms with Crippen molar-refractivity contribution in [2.75, 3.05) is 45.8 Å². The van der Waals surface area contributed by atoms with Crippen molar-refractivity contribution in [3.63, 3.8) is 0 Å². The molecule has 144 valence electrons. The molecular formula is C15H20N2O8S. The van der Waals surface area contributed by atoms with Gasteiger partial charge in [-0.25, -0.2) is 8.42 Å². The quantitative estimate of drug-likeness (QED) is 0.412. The predicted molar refractivity (Wildman–Crippen MR) is 86.3 cm³/mol. The van der Waals surface area contributed by atoms with Gasteiger partial charge in [-0.05, 0) is 0 Å². The molecule has 0 aromatic rings. The molecule has 0 bridgehead atoms. The number of carbonyl (C=O) groups excluding carboxylic acids is 3. The number of β-lactam (4-membered cyclic amide) rings is 1. The highest BCUT2D eigenvalue weighted by atomic mass is 32.2. The van der Waals surface area contributed by atoms with Crippen LogP contribution in [-0.4, -0.2) is 93.3 Å². The van der Waals surface area contributed by atoms with Gasteiger partial charge in [0, 0.05) is 32.7 Å². The second kappa shape index (κ2) is 6.97. The number of carbonyl (C=O) groups is 3. The predicted octanol–water partition coefficient (Wildman–Crippen LogP) is -1.73. The molecule has 11 heteroatoms. The SMILES string of the molecule is CO[C@H]1C(=O)N2C(C(=O)N3CCOCC3)=C(COC(C)=O)CS(=O)(=O)[C@H]12. The summed E-state index contributed by atoms with van der Waals surface area (Å²) in [6, 6.07) is 0. The lowest BCUT2D eigenvalue weighted by molar-refractivity contribution is -0.162. The fourth-order valence-electron chi connectivity index (χ4n) is 3.28. The van der Waals surface area contributed by atoms with Crippen molar-refractivity contribution in [2.45, 2.75) is 18.4 Å².